The minimum absolute atomic E-state index is 0.0959. The predicted octanol–water partition coefficient (Wildman–Crippen LogP) is 3.85. The summed E-state index contributed by atoms with van der Waals surface area (Å²) in [6.45, 7) is -0.386. The third-order valence-corrected chi connectivity index (χ3v) is 5.32. The van der Waals surface area contributed by atoms with Crippen LogP contribution in [0.2, 0.25) is 10.0 Å². The second-order valence-electron chi connectivity index (χ2n) is 6.56. The number of ether oxygens (including phenoxy) is 1. The molecule has 0 bridgehead atoms. The van der Waals surface area contributed by atoms with Crippen molar-refractivity contribution in [1.29, 1.82) is 0 Å². The summed E-state index contributed by atoms with van der Waals surface area (Å²) in [5.74, 6) is -0.189. The summed E-state index contributed by atoms with van der Waals surface area (Å²) in [5, 5.41) is 0.804. The number of hydrogen-bond acceptors (Lipinski definition) is 5. The van der Waals surface area contributed by atoms with E-state index in [1.807, 2.05) is 6.07 Å². The van der Waals surface area contributed by atoms with Gasteiger partial charge in [-0.1, -0.05) is 41.4 Å². The number of imidazole rings is 1. The number of nitrogens with zero attached hydrogens (tertiary/aromatic N) is 4. The van der Waals surface area contributed by atoms with Gasteiger partial charge in [-0.05, 0) is 24.3 Å². The lowest BCUT2D eigenvalue weighted by atomic mass is 10.2. The number of benzene rings is 2. The molecule has 152 valence electrons. The molecule has 0 saturated carbocycles. The topological polar surface area (TPSA) is 79.0 Å². The van der Waals surface area contributed by atoms with Crippen molar-refractivity contribution in [3.8, 4) is 11.5 Å². The van der Waals surface area contributed by atoms with Gasteiger partial charge in [0.25, 0.3) is 5.56 Å². The van der Waals surface area contributed by atoms with E-state index < -0.39 is 11.5 Å². The lowest BCUT2D eigenvalue weighted by Gasteiger charge is -2.13. The van der Waals surface area contributed by atoms with Gasteiger partial charge in [0.2, 0.25) is 0 Å². The Balaban J connectivity index is 1.68. The molecule has 2 aromatic carbocycles. The first-order valence-electron chi connectivity index (χ1n) is 9.01. The molecule has 0 aliphatic carbocycles. The summed E-state index contributed by atoms with van der Waals surface area (Å²) in [4.78, 5) is 34.4. The normalized spacial score (nSPS) is 11.0. The molecule has 9 heteroatoms. The minimum atomic E-state index is -0.602. The highest BCUT2D eigenvalue weighted by Gasteiger charge is 2.18. The molecular formula is C21H16Cl2N4O3. The van der Waals surface area contributed by atoms with E-state index in [1.165, 1.54) is 4.57 Å². The van der Waals surface area contributed by atoms with Crippen LogP contribution in [0.3, 0.4) is 0 Å². The third kappa shape index (κ3) is 3.81. The molecule has 7 nitrogen and oxygen atoms in total. The highest BCUT2D eigenvalue weighted by atomic mass is 35.5. The van der Waals surface area contributed by atoms with Gasteiger partial charge in [0.1, 0.15) is 13.2 Å². The van der Waals surface area contributed by atoms with E-state index in [-0.39, 0.29) is 18.8 Å². The van der Waals surface area contributed by atoms with Gasteiger partial charge in [-0.25, -0.2) is 9.97 Å². The zero-order valence-electron chi connectivity index (χ0n) is 15.9. The van der Waals surface area contributed by atoms with Crippen LogP contribution in [0.25, 0.3) is 22.6 Å². The monoisotopic (exact) mass is 442 g/mol. The molecule has 30 heavy (non-hydrogen) atoms. The van der Waals surface area contributed by atoms with Crippen molar-refractivity contribution in [3.05, 3.63) is 80.8 Å². The average Bonchev–Trinajstić information content (AvgIpc) is 3.15. The number of fused-ring (bicyclic) bond motifs is 1. The Labute approximate surface area is 181 Å². The molecule has 0 aliphatic heterocycles. The Bertz CT molecular complexity index is 1290. The zero-order chi connectivity index (χ0) is 21.3. The molecule has 0 aliphatic rings. The van der Waals surface area contributed by atoms with Crippen LogP contribution in [0.5, 0.6) is 0 Å². The van der Waals surface area contributed by atoms with Gasteiger partial charge in [-0.2, -0.15) is 0 Å². The lowest BCUT2D eigenvalue weighted by Crippen LogP contribution is -2.28. The number of esters is 1. The standard InChI is InChI=1S/C21H16Cl2N4O3/c1-26-10-9-24-20(26)19-21(29)27(17-8-3-2-7-16(17)25-19)11-18(28)30-12-13-14(22)5-4-6-15(13)23/h2-10H,11-12H2,1H3. The number of aryl methyl sites for hydroxylation is 1. The smallest absolute Gasteiger partial charge is 0.326 e. The van der Waals surface area contributed by atoms with E-state index in [9.17, 15) is 9.59 Å². The maximum absolute atomic E-state index is 13.1. The van der Waals surface area contributed by atoms with Gasteiger partial charge in [0.15, 0.2) is 11.5 Å². The van der Waals surface area contributed by atoms with Crippen LogP contribution < -0.4 is 5.56 Å². The highest BCUT2D eigenvalue weighted by Crippen LogP contribution is 2.25. The van der Waals surface area contributed by atoms with E-state index in [0.717, 1.165) is 0 Å². The third-order valence-electron chi connectivity index (χ3n) is 4.61. The first-order chi connectivity index (χ1) is 14.5. The Morgan fingerprint density at radius 3 is 2.53 bits per heavy atom. The number of aromatic nitrogens is 4. The second-order valence-corrected chi connectivity index (χ2v) is 7.38. The highest BCUT2D eigenvalue weighted by molar-refractivity contribution is 6.35. The number of carbonyl (C=O) groups is 1. The molecule has 0 N–H and O–H groups in total. The molecule has 0 spiro atoms. The van der Waals surface area contributed by atoms with Crippen LogP contribution in [0.1, 0.15) is 5.56 Å². The van der Waals surface area contributed by atoms with Gasteiger partial charge >= 0.3 is 5.97 Å². The molecule has 0 fully saturated rings. The van der Waals surface area contributed by atoms with Crippen LogP contribution in [0.15, 0.2) is 59.7 Å². The maximum Gasteiger partial charge on any atom is 0.326 e. The number of hydrogen-bond donors (Lipinski definition) is 0. The van der Waals surface area contributed by atoms with E-state index in [2.05, 4.69) is 9.97 Å². The van der Waals surface area contributed by atoms with Crippen molar-refractivity contribution in [2.24, 2.45) is 7.05 Å². The minimum Gasteiger partial charge on any atom is -0.459 e. The summed E-state index contributed by atoms with van der Waals surface area (Å²) in [6, 6.07) is 12.1. The van der Waals surface area contributed by atoms with Gasteiger partial charge in [-0.3, -0.25) is 14.2 Å². The van der Waals surface area contributed by atoms with Crippen molar-refractivity contribution in [3.63, 3.8) is 0 Å². The zero-order valence-corrected chi connectivity index (χ0v) is 17.4. The van der Waals surface area contributed by atoms with Crippen molar-refractivity contribution in [2.75, 3.05) is 0 Å². The largest absolute Gasteiger partial charge is 0.459 e. The number of rotatable bonds is 5. The van der Waals surface area contributed by atoms with Crippen molar-refractivity contribution >= 4 is 40.2 Å². The lowest BCUT2D eigenvalue weighted by molar-refractivity contribution is -0.145. The first-order valence-corrected chi connectivity index (χ1v) is 9.77. The summed E-state index contributed by atoms with van der Waals surface area (Å²) < 4.78 is 8.37. The van der Waals surface area contributed by atoms with Gasteiger partial charge in [0, 0.05) is 35.1 Å². The summed E-state index contributed by atoms with van der Waals surface area (Å²) in [5.41, 5.74) is 1.32. The number of halogens is 2. The Morgan fingerprint density at radius 1 is 1.10 bits per heavy atom. The summed E-state index contributed by atoms with van der Waals surface area (Å²) >= 11 is 12.2. The molecule has 0 amide bonds. The molecule has 4 rings (SSSR count). The van der Waals surface area contributed by atoms with Crippen LogP contribution >= 0.6 is 23.2 Å². The molecule has 4 aromatic rings. The predicted molar refractivity (Wildman–Crippen MR) is 114 cm³/mol. The fraction of sp³-hybridized carbons (Fsp3) is 0.143. The first kappa shape index (κ1) is 20.1. The fourth-order valence-electron chi connectivity index (χ4n) is 3.09. The Kier molecular flexibility index (Phi) is 5.57. The van der Waals surface area contributed by atoms with Crippen LogP contribution in [-0.2, 0) is 29.7 Å². The van der Waals surface area contributed by atoms with Crippen molar-refractivity contribution in [1.82, 2.24) is 19.1 Å². The molecule has 0 atom stereocenters. The quantitative estimate of drug-likeness (QED) is 0.438. The number of carbonyl (C=O) groups excluding carboxylic acids is 1. The SMILES string of the molecule is Cn1ccnc1-c1nc2ccccc2n(CC(=O)OCc2c(Cl)cccc2Cl)c1=O. The molecular weight excluding hydrogens is 427 g/mol. The molecule has 0 radical (unpaired) electrons. The van der Waals surface area contributed by atoms with Gasteiger partial charge < -0.3 is 9.30 Å². The van der Waals surface area contributed by atoms with Crippen LogP contribution in [-0.4, -0.2) is 25.1 Å². The van der Waals surface area contributed by atoms with Gasteiger partial charge in [-0.15, -0.1) is 0 Å². The molecule has 2 aromatic heterocycles. The van der Waals surface area contributed by atoms with E-state index in [0.29, 0.717) is 32.5 Å². The van der Waals surface area contributed by atoms with E-state index in [1.54, 1.807) is 60.4 Å². The van der Waals surface area contributed by atoms with Crippen molar-refractivity contribution in [2.45, 2.75) is 13.2 Å². The average molecular weight is 443 g/mol. The van der Waals surface area contributed by atoms with Crippen LogP contribution in [0.4, 0.5) is 0 Å². The second kappa shape index (κ2) is 8.30. The molecule has 0 saturated heterocycles. The van der Waals surface area contributed by atoms with Crippen molar-refractivity contribution < 1.29 is 9.53 Å². The van der Waals surface area contributed by atoms with E-state index in [4.69, 9.17) is 27.9 Å². The Hall–Kier alpha value is -3.16. The summed E-state index contributed by atoms with van der Waals surface area (Å²) in [6.07, 6.45) is 3.30. The van der Waals surface area contributed by atoms with Gasteiger partial charge in [0.05, 0.1) is 11.0 Å². The maximum atomic E-state index is 13.1. The number of para-hydroxylation sites is 2. The fourth-order valence-corrected chi connectivity index (χ4v) is 3.59. The van der Waals surface area contributed by atoms with E-state index >= 15 is 0 Å². The summed E-state index contributed by atoms with van der Waals surface area (Å²) in [7, 11) is 1.77. The Morgan fingerprint density at radius 2 is 1.83 bits per heavy atom. The molecule has 2 heterocycles. The molecule has 0 unspecified atom stereocenters. The van der Waals surface area contributed by atoms with Crippen LogP contribution in [0, 0.1) is 0 Å².